The van der Waals surface area contributed by atoms with Crippen molar-refractivity contribution in [3.8, 4) is 0 Å². The standard InChI is InChI=1S/C14H13F3N4O/c1-9-19-6-11(7-20-9)13(22)21(2)8-10-3-4-18-12(5-10)14(15,16)17/h3-7H,8H2,1-2H3. The third-order valence-electron chi connectivity index (χ3n) is 2.91. The fourth-order valence-corrected chi connectivity index (χ4v) is 1.80. The molecule has 0 aliphatic rings. The summed E-state index contributed by atoms with van der Waals surface area (Å²) in [6, 6.07) is 2.36. The minimum absolute atomic E-state index is 0.0261. The van der Waals surface area contributed by atoms with Gasteiger partial charge in [-0.2, -0.15) is 13.2 Å². The molecule has 1 amide bonds. The average molecular weight is 310 g/mol. The highest BCUT2D eigenvalue weighted by molar-refractivity contribution is 5.93. The molecule has 22 heavy (non-hydrogen) atoms. The summed E-state index contributed by atoms with van der Waals surface area (Å²) < 4.78 is 37.8. The van der Waals surface area contributed by atoms with Crippen LogP contribution in [0.15, 0.2) is 30.7 Å². The Kier molecular flexibility index (Phi) is 4.39. The maximum absolute atomic E-state index is 12.6. The highest BCUT2D eigenvalue weighted by atomic mass is 19.4. The molecule has 0 fully saturated rings. The molecular weight excluding hydrogens is 297 g/mol. The van der Waals surface area contributed by atoms with E-state index in [4.69, 9.17) is 0 Å². The predicted molar refractivity (Wildman–Crippen MR) is 71.8 cm³/mol. The molecule has 116 valence electrons. The molecule has 0 radical (unpaired) electrons. The number of amides is 1. The van der Waals surface area contributed by atoms with Crippen molar-refractivity contribution in [2.45, 2.75) is 19.6 Å². The van der Waals surface area contributed by atoms with Crippen molar-refractivity contribution in [3.63, 3.8) is 0 Å². The molecule has 0 saturated heterocycles. The predicted octanol–water partition coefficient (Wildman–Crippen LogP) is 2.47. The van der Waals surface area contributed by atoms with Crippen molar-refractivity contribution < 1.29 is 18.0 Å². The van der Waals surface area contributed by atoms with Crippen LogP contribution in [0.25, 0.3) is 0 Å². The highest BCUT2D eigenvalue weighted by Crippen LogP contribution is 2.27. The van der Waals surface area contributed by atoms with Crippen LogP contribution in [0.2, 0.25) is 0 Å². The van der Waals surface area contributed by atoms with E-state index in [1.54, 1.807) is 6.92 Å². The zero-order valence-electron chi connectivity index (χ0n) is 11.9. The zero-order valence-corrected chi connectivity index (χ0v) is 11.9. The summed E-state index contributed by atoms with van der Waals surface area (Å²) in [4.78, 5) is 24.6. The molecule has 2 heterocycles. The maximum Gasteiger partial charge on any atom is 0.433 e. The fourth-order valence-electron chi connectivity index (χ4n) is 1.80. The molecule has 5 nitrogen and oxygen atoms in total. The summed E-state index contributed by atoms with van der Waals surface area (Å²) in [6.07, 6.45) is -0.668. The maximum atomic E-state index is 12.6. The van der Waals surface area contributed by atoms with Crippen molar-refractivity contribution in [1.29, 1.82) is 0 Å². The van der Waals surface area contributed by atoms with Gasteiger partial charge in [0.25, 0.3) is 5.91 Å². The number of halogens is 3. The highest BCUT2D eigenvalue weighted by Gasteiger charge is 2.32. The molecule has 0 spiro atoms. The minimum atomic E-state index is -4.51. The summed E-state index contributed by atoms with van der Waals surface area (Å²) in [7, 11) is 1.50. The van der Waals surface area contributed by atoms with Gasteiger partial charge in [0.2, 0.25) is 0 Å². The number of carbonyl (C=O) groups is 1. The molecule has 0 unspecified atom stereocenters. The average Bonchev–Trinajstić information content (AvgIpc) is 2.46. The van der Waals surface area contributed by atoms with Crippen LogP contribution in [0.3, 0.4) is 0 Å². The molecule has 0 saturated carbocycles. The van der Waals surface area contributed by atoms with Crippen LogP contribution in [0, 0.1) is 6.92 Å². The van der Waals surface area contributed by atoms with Crippen LogP contribution < -0.4 is 0 Å². The molecule has 8 heteroatoms. The Morgan fingerprint density at radius 1 is 1.23 bits per heavy atom. The quantitative estimate of drug-likeness (QED) is 0.874. The number of alkyl halides is 3. The van der Waals surface area contributed by atoms with Gasteiger partial charge in [-0.3, -0.25) is 9.78 Å². The van der Waals surface area contributed by atoms with Crippen molar-refractivity contribution in [1.82, 2.24) is 19.9 Å². The zero-order chi connectivity index (χ0) is 16.3. The Bertz CT molecular complexity index is 671. The lowest BCUT2D eigenvalue weighted by molar-refractivity contribution is -0.141. The molecule has 2 rings (SSSR count). The van der Waals surface area contributed by atoms with E-state index in [9.17, 15) is 18.0 Å². The van der Waals surface area contributed by atoms with Crippen molar-refractivity contribution in [3.05, 3.63) is 53.4 Å². The summed E-state index contributed by atoms with van der Waals surface area (Å²) in [6.45, 7) is 1.71. The summed E-state index contributed by atoms with van der Waals surface area (Å²) in [5.74, 6) is 0.161. The van der Waals surface area contributed by atoms with Crippen molar-refractivity contribution >= 4 is 5.91 Å². The first-order chi connectivity index (χ1) is 10.3. The second-order valence-electron chi connectivity index (χ2n) is 4.73. The third kappa shape index (κ3) is 3.78. The molecule has 2 aromatic heterocycles. The van der Waals surface area contributed by atoms with Gasteiger partial charge in [-0.25, -0.2) is 9.97 Å². The number of hydrogen-bond donors (Lipinski definition) is 0. The van der Waals surface area contributed by atoms with Gasteiger partial charge < -0.3 is 4.90 Å². The van der Waals surface area contributed by atoms with Crippen LogP contribution in [0.1, 0.15) is 27.4 Å². The van der Waals surface area contributed by atoms with E-state index in [1.165, 1.54) is 30.4 Å². The molecule has 0 bridgehead atoms. The number of aryl methyl sites for hydroxylation is 1. The Morgan fingerprint density at radius 2 is 1.86 bits per heavy atom. The largest absolute Gasteiger partial charge is 0.433 e. The first-order valence-corrected chi connectivity index (χ1v) is 6.33. The van der Waals surface area contributed by atoms with Crippen molar-refractivity contribution in [2.24, 2.45) is 0 Å². The normalized spacial score (nSPS) is 11.3. The second kappa shape index (κ2) is 6.08. The van der Waals surface area contributed by atoms with E-state index in [2.05, 4.69) is 15.0 Å². The second-order valence-corrected chi connectivity index (χ2v) is 4.73. The van der Waals surface area contributed by atoms with E-state index < -0.39 is 11.9 Å². The van der Waals surface area contributed by atoms with Gasteiger partial charge in [0.1, 0.15) is 11.5 Å². The van der Waals surface area contributed by atoms with E-state index in [-0.39, 0.29) is 18.0 Å². The lowest BCUT2D eigenvalue weighted by Crippen LogP contribution is -2.26. The molecule has 0 atom stereocenters. The molecule has 0 aliphatic heterocycles. The van der Waals surface area contributed by atoms with Gasteiger partial charge in [-0.05, 0) is 24.6 Å². The molecule has 0 aromatic carbocycles. The first kappa shape index (κ1) is 15.9. The van der Waals surface area contributed by atoms with E-state index in [0.717, 1.165) is 12.3 Å². The summed E-state index contributed by atoms with van der Waals surface area (Å²) in [5, 5.41) is 0. The molecule has 0 aliphatic carbocycles. The summed E-state index contributed by atoms with van der Waals surface area (Å²) >= 11 is 0. The summed E-state index contributed by atoms with van der Waals surface area (Å²) in [5.41, 5.74) is -0.367. The van der Waals surface area contributed by atoms with Crippen LogP contribution in [-0.4, -0.2) is 32.8 Å². The van der Waals surface area contributed by atoms with Gasteiger partial charge >= 0.3 is 6.18 Å². The lowest BCUT2D eigenvalue weighted by Gasteiger charge is -2.17. The van der Waals surface area contributed by atoms with Gasteiger partial charge in [-0.15, -0.1) is 0 Å². The molecular formula is C14H13F3N4O. The van der Waals surface area contributed by atoms with Gasteiger partial charge in [-0.1, -0.05) is 0 Å². The van der Waals surface area contributed by atoms with Crippen LogP contribution in [0.5, 0.6) is 0 Å². The van der Waals surface area contributed by atoms with Gasteiger partial charge in [0.05, 0.1) is 5.56 Å². The SMILES string of the molecule is Cc1ncc(C(=O)N(C)Cc2ccnc(C(F)(F)F)c2)cn1. The fraction of sp³-hybridized carbons (Fsp3) is 0.286. The molecule has 2 aromatic rings. The van der Waals surface area contributed by atoms with Crippen LogP contribution in [0.4, 0.5) is 13.2 Å². The Morgan fingerprint density at radius 3 is 2.45 bits per heavy atom. The Balaban J connectivity index is 2.13. The number of aromatic nitrogens is 3. The third-order valence-corrected chi connectivity index (χ3v) is 2.91. The van der Waals surface area contributed by atoms with Gasteiger partial charge in [0.15, 0.2) is 0 Å². The minimum Gasteiger partial charge on any atom is -0.337 e. The molecule has 0 N–H and O–H groups in total. The Hall–Kier alpha value is -2.51. The van der Waals surface area contributed by atoms with E-state index in [0.29, 0.717) is 11.4 Å². The topological polar surface area (TPSA) is 59.0 Å². The van der Waals surface area contributed by atoms with E-state index >= 15 is 0 Å². The first-order valence-electron chi connectivity index (χ1n) is 6.33. The Labute approximate surface area is 124 Å². The van der Waals surface area contributed by atoms with E-state index in [1.807, 2.05) is 0 Å². The number of nitrogens with zero attached hydrogens (tertiary/aromatic N) is 4. The van der Waals surface area contributed by atoms with Gasteiger partial charge in [0, 0.05) is 32.2 Å². The monoisotopic (exact) mass is 310 g/mol. The lowest BCUT2D eigenvalue weighted by atomic mass is 10.2. The number of pyridine rings is 1. The number of rotatable bonds is 3. The number of hydrogen-bond acceptors (Lipinski definition) is 4. The van der Waals surface area contributed by atoms with Crippen molar-refractivity contribution in [2.75, 3.05) is 7.05 Å². The van der Waals surface area contributed by atoms with Crippen LogP contribution >= 0.6 is 0 Å². The number of carbonyl (C=O) groups excluding carboxylic acids is 1. The van der Waals surface area contributed by atoms with Crippen LogP contribution in [-0.2, 0) is 12.7 Å². The smallest absolute Gasteiger partial charge is 0.337 e.